The van der Waals surface area contributed by atoms with E-state index in [4.69, 9.17) is 10.9 Å². The molecule has 0 rings (SSSR count). The molecule has 1 amide bonds. The average Bonchev–Trinajstić information content (AvgIpc) is 2.20. The van der Waals surface area contributed by atoms with E-state index in [1.165, 1.54) is 0 Å². The summed E-state index contributed by atoms with van der Waals surface area (Å²) in [6, 6.07) is 0. The zero-order valence-corrected chi connectivity index (χ0v) is 10.9. The highest BCUT2D eigenvalue weighted by molar-refractivity contribution is 5.79. The van der Waals surface area contributed by atoms with E-state index in [1.807, 2.05) is 20.8 Å². The third-order valence-corrected chi connectivity index (χ3v) is 1.96. The van der Waals surface area contributed by atoms with Crippen molar-refractivity contribution in [3.63, 3.8) is 0 Å². The van der Waals surface area contributed by atoms with Crippen molar-refractivity contribution in [1.82, 2.24) is 10.6 Å². The first-order valence-electron chi connectivity index (χ1n) is 5.83. The Morgan fingerprint density at radius 2 is 1.94 bits per heavy atom. The van der Waals surface area contributed by atoms with Crippen molar-refractivity contribution in [1.29, 1.82) is 0 Å². The van der Waals surface area contributed by atoms with Crippen LogP contribution in [0.1, 0.15) is 40.0 Å². The van der Waals surface area contributed by atoms with Gasteiger partial charge in [0.1, 0.15) is 5.84 Å². The Hall–Kier alpha value is -1.30. The Balaban J connectivity index is 3.43. The van der Waals surface area contributed by atoms with Gasteiger partial charge in [0.05, 0.1) is 0 Å². The Bertz CT molecular complexity index is 259. The third kappa shape index (κ3) is 11.0. The highest BCUT2D eigenvalue weighted by Crippen LogP contribution is 1.98. The Labute approximate surface area is 103 Å². The zero-order valence-electron chi connectivity index (χ0n) is 10.9. The molecule has 100 valence electrons. The lowest BCUT2D eigenvalue weighted by Gasteiger charge is -2.20. The fourth-order valence-corrected chi connectivity index (χ4v) is 1.25. The van der Waals surface area contributed by atoms with Crippen LogP contribution < -0.4 is 16.4 Å². The second kappa shape index (κ2) is 7.89. The van der Waals surface area contributed by atoms with E-state index in [0.717, 1.165) is 13.0 Å². The lowest BCUT2D eigenvalue weighted by molar-refractivity contribution is -0.122. The zero-order chi connectivity index (χ0) is 13.3. The topological polar surface area (TPSA) is 99.7 Å². The van der Waals surface area contributed by atoms with Crippen LogP contribution in [-0.2, 0) is 4.79 Å². The van der Waals surface area contributed by atoms with Crippen LogP contribution in [0.3, 0.4) is 0 Å². The van der Waals surface area contributed by atoms with Gasteiger partial charge in [0.2, 0.25) is 5.91 Å². The predicted octanol–water partition coefficient (Wildman–Crippen LogP) is 0.407. The van der Waals surface area contributed by atoms with Crippen LogP contribution in [0, 0.1) is 0 Å². The number of nitrogens with one attached hydrogen (secondary N) is 2. The third-order valence-electron chi connectivity index (χ3n) is 1.96. The summed E-state index contributed by atoms with van der Waals surface area (Å²) in [5.74, 6) is 0.277. The molecule has 6 nitrogen and oxygen atoms in total. The number of hydrogen-bond donors (Lipinski definition) is 4. The maximum Gasteiger partial charge on any atom is 0.221 e. The summed E-state index contributed by atoms with van der Waals surface area (Å²) in [6.07, 6.45) is 1.80. The average molecular weight is 244 g/mol. The molecule has 5 N–H and O–H groups in total. The molecule has 0 aliphatic heterocycles. The molecular weight excluding hydrogens is 220 g/mol. The maximum atomic E-state index is 11.4. The van der Waals surface area contributed by atoms with E-state index >= 15 is 0 Å². The van der Waals surface area contributed by atoms with Gasteiger partial charge in [-0.3, -0.25) is 4.79 Å². The van der Waals surface area contributed by atoms with Crippen LogP contribution in [0.2, 0.25) is 0 Å². The molecule has 0 fully saturated rings. The summed E-state index contributed by atoms with van der Waals surface area (Å²) < 4.78 is 0. The van der Waals surface area contributed by atoms with Crippen molar-refractivity contribution in [3.8, 4) is 0 Å². The van der Waals surface area contributed by atoms with E-state index < -0.39 is 0 Å². The molecule has 0 aromatic heterocycles. The van der Waals surface area contributed by atoms with Crippen LogP contribution >= 0.6 is 0 Å². The van der Waals surface area contributed by atoms with Gasteiger partial charge >= 0.3 is 0 Å². The van der Waals surface area contributed by atoms with Gasteiger partial charge in [0.25, 0.3) is 0 Å². The minimum atomic E-state index is -0.177. The van der Waals surface area contributed by atoms with Gasteiger partial charge in [-0.15, -0.1) is 0 Å². The van der Waals surface area contributed by atoms with Gasteiger partial charge in [-0.25, -0.2) is 0 Å². The van der Waals surface area contributed by atoms with E-state index in [-0.39, 0.29) is 17.3 Å². The number of nitrogens with zero attached hydrogens (tertiary/aromatic N) is 1. The molecule has 0 saturated heterocycles. The molecular formula is C11H24N4O2. The molecule has 6 heteroatoms. The second-order valence-corrected chi connectivity index (χ2v) is 4.99. The summed E-state index contributed by atoms with van der Waals surface area (Å²) in [5, 5.41) is 17.2. The highest BCUT2D eigenvalue weighted by atomic mass is 16.4. The molecule has 17 heavy (non-hydrogen) atoms. The number of amidine groups is 1. The Morgan fingerprint density at radius 3 is 2.47 bits per heavy atom. The maximum absolute atomic E-state index is 11.4. The molecule has 0 bridgehead atoms. The second-order valence-electron chi connectivity index (χ2n) is 4.99. The first-order valence-corrected chi connectivity index (χ1v) is 5.83. The number of rotatable bonds is 7. The highest BCUT2D eigenvalue weighted by Gasteiger charge is 2.12. The molecule has 0 heterocycles. The molecule has 0 aromatic carbocycles. The number of hydrogen-bond acceptors (Lipinski definition) is 4. The largest absolute Gasteiger partial charge is 0.409 e. The number of amides is 1. The van der Waals surface area contributed by atoms with Crippen molar-refractivity contribution in [2.24, 2.45) is 10.9 Å². The van der Waals surface area contributed by atoms with Crippen molar-refractivity contribution in [2.45, 2.75) is 45.6 Å². The molecule has 0 saturated carbocycles. The smallest absolute Gasteiger partial charge is 0.221 e. The van der Waals surface area contributed by atoms with Crippen LogP contribution in [0.5, 0.6) is 0 Å². The monoisotopic (exact) mass is 244 g/mol. The lowest BCUT2D eigenvalue weighted by Crippen LogP contribution is -2.41. The first-order chi connectivity index (χ1) is 7.85. The molecule has 0 unspecified atom stereocenters. The normalized spacial score (nSPS) is 12.5. The lowest BCUT2D eigenvalue weighted by atomic mass is 10.1. The fourth-order valence-electron chi connectivity index (χ4n) is 1.25. The van der Waals surface area contributed by atoms with Gasteiger partial charge in [-0.05, 0) is 33.7 Å². The Kier molecular flexibility index (Phi) is 7.29. The molecule has 0 aliphatic rings. The van der Waals surface area contributed by atoms with Gasteiger partial charge in [-0.2, -0.15) is 0 Å². The number of nitrogens with two attached hydrogens (primary N) is 1. The van der Waals surface area contributed by atoms with E-state index in [2.05, 4.69) is 15.8 Å². The van der Waals surface area contributed by atoms with Crippen LogP contribution in [0.15, 0.2) is 5.16 Å². The van der Waals surface area contributed by atoms with Gasteiger partial charge in [0.15, 0.2) is 0 Å². The standard InChI is InChI=1S/C11H24N4O2/c1-11(2,3)14-10(16)6-8-13-7-4-5-9(12)15-17/h13,17H,4-8H2,1-3H3,(H2,12,15)(H,14,16). The number of oxime groups is 1. The van der Waals surface area contributed by atoms with Gasteiger partial charge in [-0.1, -0.05) is 5.16 Å². The molecule has 0 aromatic rings. The van der Waals surface area contributed by atoms with Crippen LogP contribution in [0.4, 0.5) is 0 Å². The van der Waals surface area contributed by atoms with E-state index in [9.17, 15) is 4.79 Å². The van der Waals surface area contributed by atoms with Gasteiger partial charge in [0, 0.05) is 24.9 Å². The summed E-state index contributed by atoms with van der Waals surface area (Å²) >= 11 is 0. The van der Waals surface area contributed by atoms with E-state index in [0.29, 0.717) is 19.4 Å². The van der Waals surface area contributed by atoms with Crippen molar-refractivity contribution >= 4 is 11.7 Å². The van der Waals surface area contributed by atoms with Crippen molar-refractivity contribution < 1.29 is 10.0 Å². The van der Waals surface area contributed by atoms with Crippen LogP contribution in [0.25, 0.3) is 0 Å². The quantitative estimate of drug-likeness (QED) is 0.171. The van der Waals surface area contributed by atoms with Crippen molar-refractivity contribution in [3.05, 3.63) is 0 Å². The van der Waals surface area contributed by atoms with E-state index in [1.54, 1.807) is 0 Å². The summed E-state index contributed by atoms with van der Waals surface area (Å²) in [4.78, 5) is 11.4. The van der Waals surface area contributed by atoms with Gasteiger partial charge < -0.3 is 21.6 Å². The Morgan fingerprint density at radius 1 is 1.29 bits per heavy atom. The summed E-state index contributed by atoms with van der Waals surface area (Å²) in [5.41, 5.74) is 5.14. The molecule has 0 radical (unpaired) electrons. The predicted molar refractivity (Wildman–Crippen MR) is 68.0 cm³/mol. The minimum Gasteiger partial charge on any atom is -0.409 e. The molecule has 0 atom stereocenters. The first kappa shape index (κ1) is 15.7. The number of carbonyl (C=O) groups excluding carboxylic acids is 1. The minimum absolute atomic E-state index is 0.0430. The molecule has 0 spiro atoms. The SMILES string of the molecule is CC(C)(C)NC(=O)CCNCCCC(N)=NO. The summed E-state index contributed by atoms with van der Waals surface area (Å²) in [7, 11) is 0. The molecule has 0 aliphatic carbocycles. The van der Waals surface area contributed by atoms with Crippen molar-refractivity contribution in [2.75, 3.05) is 13.1 Å². The van der Waals surface area contributed by atoms with Crippen LogP contribution in [-0.4, -0.2) is 35.6 Å². The summed E-state index contributed by atoms with van der Waals surface area (Å²) in [6.45, 7) is 7.25. The number of carbonyl (C=O) groups is 1. The fraction of sp³-hybridized carbons (Fsp3) is 0.818.